The van der Waals surface area contributed by atoms with Gasteiger partial charge < -0.3 is 0 Å². The minimum absolute atomic E-state index is 0.427. The Morgan fingerprint density at radius 1 is 0.636 bits per heavy atom. The highest BCUT2D eigenvalue weighted by Gasteiger charge is 2.06. The third-order valence-electron chi connectivity index (χ3n) is 3.11. The van der Waals surface area contributed by atoms with Crippen LogP contribution in [0.4, 0.5) is 0 Å². The van der Waals surface area contributed by atoms with E-state index in [1.807, 2.05) is 0 Å². The molecule has 0 heterocycles. The number of hydrogen-bond acceptors (Lipinski definition) is 8. The molecule has 0 saturated heterocycles. The standard InChI is InChI=1S/2C6H10O.C2H6O6/c2*7-6-4-2-1-3-5-6;3-5-1-7-8-2-6-4/h2*1-5H2;3-4H,1-2H2. The van der Waals surface area contributed by atoms with Crippen molar-refractivity contribution in [3.63, 3.8) is 0 Å². The SMILES string of the molecule is O=C1CCCCC1.O=C1CCCCC1.OOCOOCOO. The second-order valence-electron chi connectivity index (χ2n) is 4.93. The number of carbonyl (C=O) groups is 2. The van der Waals surface area contributed by atoms with Crippen molar-refractivity contribution < 1.29 is 39.7 Å². The predicted molar refractivity (Wildman–Crippen MR) is 75.5 cm³/mol. The first-order chi connectivity index (χ1) is 10.7. The van der Waals surface area contributed by atoms with Crippen LogP contribution in [-0.2, 0) is 29.1 Å². The zero-order valence-electron chi connectivity index (χ0n) is 12.8. The van der Waals surface area contributed by atoms with E-state index in [1.54, 1.807) is 0 Å². The normalized spacial score (nSPS) is 17.9. The predicted octanol–water partition coefficient (Wildman–Crippen LogP) is 2.87. The summed E-state index contributed by atoms with van der Waals surface area (Å²) in [6.07, 6.45) is 10.5. The van der Waals surface area contributed by atoms with E-state index in [0.717, 1.165) is 51.4 Å². The van der Waals surface area contributed by atoms with E-state index >= 15 is 0 Å². The van der Waals surface area contributed by atoms with Gasteiger partial charge in [0.05, 0.1) is 0 Å². The maximum absolute atomic E-state index is 10.5. The van der Waals surface area contributed by atoms with Crippen LogP contribution in [-0.4, -0.2) is 35.7 Å². The molecule has 0 atom stereocenters. The molecule has 2 N–H and O–H groups in total. The van der Waals surface area contributed by atoms with Crippen LogP contribution < -0.4 is 0 Å². The van der Waals surface area contributed by atoms with Crippen LogP contribution in [0.5, 0.6) is 0 Å². The lowest BCUT2D eigenvalue weighted by atomic mass is 10.00. The molecule has 0 aromatic carbocycles. The van der Waals surface area contributed by atoms with Crippen molar-refractivity contribution in [2.45, 2.75) is 64.2 Å². The zero-order valence-corrected chi connectivity index (χ0v) is 12.8. The van der Waals surface area contributed by atoms with Gasteiger partial charge in [-0.15, -0.1) is 0 Å². The van der Waals surface area contributed by atoms with Crippen molar-refractivity contribution in [1.29, 1.82) is 0 Å². The summed E-state index contributed by atoms with van der Waals surface area (Å²) in [5, 5.41) is 15.1. The molecule has 2 aliphatic carbocycles. The van der Waals surface area contributed by atoms with Crippen molar-refractivity contribution in [2.24, 2.45) is 0 Å². The van der Waals surface area contributed by atoms with Crippen molar-refractivity contribution in [2.75, 3.05) is 13.6 Å². The van der Waals surface area contributed by atoms with Crippen LogP contribution in [0.3, 0.4) is 0 Å². The molecule has 0 bridgehead atoms. The van der Waals surface area contributed by atoms with Crippen molar-refractivity contribution in [3.8, 4) is 0 Å². The summed E-state index contributed by atoms with van der Waals surface area (Å²) in [7, 11) is 0. The lowest BCUT2D eigenvalue weighted by Crippen LogP contribution is -2.02. The topological polar surface area (TPSA) is 112 Å². The van der Waals surface area contributed by atoms with E-state index < -0.39 is 13.6 Å². The maximum atomic E-state index is 10.5. The van der Waals surface area contributed by atoms with E-state index in [9.17, 15) is 9.59 Å². The zero-order chi connectivity index (χ0) is 16.5. The summed E-state index contributed by atoms with van der Waals surface area (Å²) >= 11 is 0. The highest BCUT2D eigenvalue weighted by molar-refractivity contribution is 5.79. The van der Waals surface area contributed by atoms with E-state index in [-0.39, 0.29) is 0 Å². The Morgan fingerprint density at radius 3 is 1.14 bits per heavy atom. The summed E-state index contributed by atoms with van der Waals surface area (Å²) < 4.78 is 0. The Hall–Kier alpha value is -0.900. The number of rotatable bonds is 5. The summed E-state index contributed by atoms with van der Waals surface area (Å²) in [5.41, 5.74) is 0. The van der Waals surface area contributed by atoms with Crippen LogP contribution in [0.2, 0.25) is 0 Å². The number of hydrogen-bond donors (Lipinski definition) is 2. The number of ketones is 2. The molecule has 0 unspecified atom stereocenters. The third-order valence-corrected chi connectivity index (χ3v) is 3.11. The van der Waals surface area contributed by atoms with Crippen LogP contribution in [0.1, 0.15) is 64.2 Å². The Morgan fingerprint density at radius 2 is 0.955 bits per heavy atom. The lowest BCUT2D eigenvalue weighted by Gasteiger charge is -2.05. The average Bonchev–Trinajstić information content (AvgIpc) is 2.54. The van der Waals surface area contributed by atoms with Gasteiger partial charge in [0.15, 0.2) is 0 Å². The molecule has 0 spiro atoms. The quantitative estimate of drug-likeness (QED) is 0.344. The smallest absolute Gasteiger partial charge is 0.214 e. The van der Waals surface area contributed by atoms with Gasteiger partial charge in [-0.1, -0.05) is 12.8 Å². The first-order valence-corrected chi connectivity index (χ1v) is 7.51. The first-order valence-electron chi connectivity index (χ1n) is 7.51. The van der Waals surface area contributed by atoms with E-state index in [1.165, 1.54) is 12.8 Å². The number of Topliss-reactive ketones (excluding diaryl/α,β-unsaturated/α-hetero) is 2. The van der Waals surface area contributed by atoms with Crippen LogP contribution in [0.25, 0.3) is 0 Å². The van der Waals surface area contributed by atoms with E-state index in [0.29, 0.717) is 11.6 Å². The van der Waals surface area contributed by atoms with Gasteiger partial charge in [0.2, 0.25) is 13.6 Å². The number of carbonyl (C=O) groups excluding carboxylic acids is 2. The molecule has 0 amide bonds. The molecule has 8 nitrogen and oxygen atoms in total. The molecule has 2 aliphatic rings. The van der Waals surface area contributed by atoms with Gasteiger partial charge in [-0.25, -0.2) is 30.1 Å². The molecule has 2 fully saturated rings. The van der Waals surface area contributed by atoms with Gasteiger partial charge in [0.1, 0.15) is 11.6 Å². The second-order valence-corrected chi connectivity index (χ2v) is 4.93. The Kier molecular flexibility index (Phi) is 15.8. The van der Waals surface area contributed by atoms with Gasteiger partial charge in [-0.3, -0.25) is 9.59 Å². The molecule has 22 heavy (non-hydrogen) atoms. The maximum Gasteiger partial charge on any atom is 0.214 e. The van der Waals surface area contributed by atoms with Gasteiger partial charge >= 0.3 is 0 Å². The molecular formula is C14H26O8. The van der Waals surface area contributed by atoms with Crippen LogP contribution >= 0.6 is 0 Å². The van der Waals surface area contributed by atoms with Crippen molar-refractivity contribution in [1.82, 2.24) is 0 Å². The fourth-order valence-corrected chi connectivity index (χ4v) is 2.00. The lowest BCUT2D eigenvalue weighted by molar-refractivity contribution is -0.449. The molecule has 8 heteroatoms. The molecule has 2 saturated carbocycles. The summed E-state index contributed by atoms with van der Waals surface area (Å²) in [5.74, 6) is 0.928. The molecular weight excluding hydrogens is 296 g/mol. The van der Waals surface area contributed by atoms with Gasteiger partial charge in [0.25, 0.3) is 0 Å². The van der Waals surface area contributed by atoms with E-state index in [4.69, 9.17) is 10.5 Å². The van der Waals surface area contributed by atoms with E-state index in [2.05, 4.69) is 19.6 Å². The molecule has 0 aliphatic heterocycles. The fraction of sp³-hybridized carbons (Fsp3) is 0.857. The third kappa shape index (κ3) is 15.5. The Labute approximate surface area is 130 Å². The first kappa shape index (κ1) is 21.1. The molecule has 2 rings (SSSR count). The van der Waals surface area contributed by atoms with Crippen LogP contribution in [0, 0.1) is 0 Å². The Balaban J connectivity index is 0.000000301. The van der Waals surface area contributed by atoms with Crippen molar-refractivity contribution >= 4 is 11.6 Å². The minimum atomic E-state index is -0.427. The van der Waals surface area contributed by atoms with Crippen molar-refractivity contribution in [3.05, 3.63) is 0 Å². The van der Waals surface area contributed by atoms with Gasteiger partial charge in [-0.2, -0.15) is 0 Å². The second kappa shape index (κ2) is 16.5. The molecule has 0 aromatic heterocycles. The van der Waals surface area contributed by atoms with Crippen LogP contribution in [0.15, 0.2) is 0 Å². The summed E-state index contributed by atoms with van der Waals surface area (Å²) in [6.45, 7) is -0.854. The fourth-order valence-electron chi connectivity index (χ4n) is 2.00. The largest absolute Gasteiger partial charge is 0.300 e. The highest BCUT2D eigenvalue weighted by Crippen LogP contribution is 2.12. The molecule has 0 aromatic rings. The Bertz CT molecular complexity index is 238. The molecule has 0 radical (unpaired) electrons. The summed E-state index contributed by atoms with van der Waals surface area (Å²) in [4.78, 5) is 35.7. The monoisotopic (exact) mass is 322 g/mol. The summed E-state index contributed by atoms with van der Waals surface area (Å²) in [6, 6.07) is 0. The minimum Gasteiger partial charge on any atom is -0.300 e. The van der Waals surface area contributed by atoms with Gasteiger partial charge in [0, 0.05) is 25.7 Å². The highest BCUT2D eigenvalue weighted by atomic mass is 17.3. The molecule has 130 valence electrons. The van der Waals surface area contributed by atoms with Gasteiger partial charge in [-0.05, 0) is 25.7 Å². The average molecular weight is 322 g/mol.